The summed E-state index contributed by atoms with van der Waals surface area (Å²) in [6, 6.07) is 0.367. The molecule has 0 aliphatic heterocycles. The molecule has 0 saturated heterocycles. The monoisotopic (exact) mass is 197 g/mol. The average Bonchev–Trinajstić information content (AvgIpc) is 2.16. The van der Waals surface area contributed by atoms with Crippen molar-refractivity contribution in [1.29, 1.82) is 0 Å². The second-order valence-corrected chi connectivity index (χ2v) is 4.81. The molecule has 0 aromatic carbocycles. The number of nitrogens with zero attached hydrogens (tertiary/aromatic N) is 1. The molecule has 0 fully saturated rings. The maximum absolute atomic E-state index is 10.1. The summed E-state index contributed by atoms with van der Waals surface area (Å²) in [7, 11) is 4.17. The van der Waals surface area contributed by atoms with Crippen molar-refractivity contribution in [2.75, 3.05) is 14.1 Å². The highest BCUT2D eigenvalue weighted by atomic mass is 16.3. The third-order valence-electron chi connectivity index (χ3n) is 3.55. The van der Waals surface area contributed by atoms with Crippen molar-refractivity contribution in [3.05, 3.63) is 12.2 Å². The van der Waals surface area contributed by atoms with Crippen molar-refractivity contribution >= 4 is 0 Å². The van der Waals surface area contributed by atoms with E-state index in [1.54, 1.807) is 0 Å². The Labute approximate surface area is 87.6 Å². The summed E-state index contributed by atoms with van der Waals surface area (Å²) in [5, 5.41) is 10.1. The first kappa shape index (κ1) is 11.7. The predicted molar refractivity (Wildman–Crippen MR) is 60.3 cm³/mol. The van der Waals surface area contributed by atoms with E-state index in [2.05, 4.69) is 45.0 Å². The van der Waals surface area contributed by atoms with Gasteiger partial charge in [-0.25, -0.2) is 0 Å². The number of aliphatic hydroxyl groups excluding tert-OH is 1. The fourth-order valence-corrected chi connectivity index (χ4v) is 2.58. The molecule has 0 aromatic heterocycles. The van der Waals surface area contributed by atoms with E-state index in [4.69, 9.17) is 0 Å². The van der Waals surface area contributed by atoms with Gasteiger partial charge in [-0.3, -0.25) is 0 Å². The Morgan fingerprint density at radius 2 is 2.21 bits per heavy atom. The van der Waals surface area contributed by atoms with Gasteiger partial charge in [-0.1, -0.05) is 26.0 Å². The molecular weight excluding hydrogens is 174 g/mol. The lowest BCUT2D eigenvalue weighted by Gasteiger charge is -2.45. The summed E-state index contributed by atoms with van der Waals surface area (Å²) in [4.78, 5) is 2.20. The van der Waals surface area contributed by atoms with Crippen molar-refractivity contribution in [2.45, 2.75) is 45.3 Å². The first-order valence-corrected chi connectivity index (χ1v) is 5.53. The quantitative estimate of drug-likeness (QED) is 0.700. The van der Waals surface area contributed by atoms with Gasteiger partial charge in [0.1, 0.15) is 0 Å². The van der Waals surface area contributed by atoms with Gasteiger partial charge < -0.3 is 10.0 Å². The molecule has 1 rings (SSSR count). The number of allylic oxidation sites excluding steroid dienone is 1. The van der Waals surface area contributed by atoms with E-state index >= 15 is 0 Å². The summed E-state index contributed by atoms with van der Waals surface area (Å²) in [5.41, 5.74) is 0.0208. The molecule has 1 N–H and O–H groups in total. The normalized spacial score (nSPS) is 34.9. The van der Waals surface area contributed by atoms with Crippen LogP contribution >= 0.6 is 0 Å². The molecular formula is C12H23NO. The van der Waals surface area contributed by atoms with E-state index < -0.39 is 0 Å². The zero-order chi connectivity index (χ0) is 10.8. The fraction of sp³-hybridized carbons (Fsp3) is 0.833. The van der Waals surface area contributed by atoms with E-state index in [0.29, 0.717) is 6.04 Å². The molecule has 1 aliphatic rings. The van der Waals surface area contributed by atoms with Crippen LogP contribution in [0, 0.1) is 5.41 Å². The first-order valence-electron chi connectivity index (χ1n) is 5.53. The van der Waals surface area contributed by atoms with E-state index in [1.165, 1.54) is 0 Å². The molecule has 1 aliphatic carbocycles. The molecule has 82 valence electrons. The van der Waals surface area contributed by atoms with E-state index in [1.807, 2.05) is 0 Å². The van der Waals surface area contributed by atoms with Crippen molar-refractivity contribution in [3.8, 4) is 0 Å². The highest BCUT2D eigenvalue weighted by Crippen LogP contribution is 2.39. The summed E-state index contributed by atoms with van der Waals surface area (Å²) in [5.74, 6) is 0. The van der Waals surface area contributed by atoms with Crippen molar-refractivity contribution in [1.82, 2.24) is 4.90 Å². The molecule has 2 heteroatoms. The van der Waals surface area contributed by atoms with Gasteiger partial charge in [0.15, 0.2) is 0 Å². The van der Waals surface area contributed by atoms with Gasteiger partial charge in [-0.2, -0.15) is 0 Å². The summed E-state index contributed by atoms with van der Waals surface area (Å²) >= 11 is 0. The Morgan fingerprint density at radius 3 is 2.71 bits per heavy atom. The van der Waals surface area contributed by atoms with Gasteiger partial charge in [-0.05, 0) is 33.4 Å². The lowest BCUT2D eigenvalue weighted by atomic mass is 9.69. The highest BCUT2D eigenvalue weighted by molar-refractivity contribution is 5.09. The van der Waals surface area contributed by atoms with Crippen LogP contribution in [0.2, 0.25) is 0 Å². The van der Waals surface area contributed by atoms with Crippen LogP contribution in [-0.4, -0.2) is 36.2 Å². The lowest BCUT2D eigenvalue weighted by molar-refractivity contribution is -0.0165. The Kier molecular flexibility index (Phi) is 3.73. The van der Waals surface area contributed by atoms with Crippen LogP contribution in [0.3, 0.4) is 0 Å². The maximum Gasteiger partial charge on any atom is 0.0609 e. The van der Waals surface area contributed by atoms with Gasteiger partial charge in [0.05, 0.1) is 6.10 Å². The number of rotatable bonds is 3. The summed E-state index contributed by atoms with van der Waals surface area (Å²) in [6.45, 7) is 4.26. The number of likely N-dealkylation sites (N-methyl/N-ethyl adjacent to an activating group) is 1. The summed E-state index contributed by atoms with van der Waals surface area (Å²) < 4.78 is 0. The minimum absolute atomic E-state index is 0.0208. The molecule has 0 bridgehead atoms. The average molecular weight is 197 g/mol. The number of hydrogen-bond donors (Lipinski definition) is 1. The molecule has 0 unspecified atom stereocenters. The van der Waals surface area contributed by atoms with Crippen LogP contribution in [0.25, 0.3) is 0 Å². The standard InChI is InChI=1S/C12H23NO/c1-5-11(14)12(2)9-7-6-8-10(12)13(3)4/h6,8,10-11,14H,5,7,9H2,1-4H3/t10-,11+,12+/m1/s1. The van der Waals surface area contributed by atoms with Crippen molar-refractivity contribution in [3.63, 3.8) is 0 Å². The smallest absolute Gasteiger partial charge is 0.0609 e. The zero-order valence-corrected chi connectivity index (χ0v) is 9.83. The molecule has 0 amide bonds. The number of aliphatic hydroxyl groups is 1. The molecule has 0 radical (unpaired) electrons. The van der Waals surface area contributed by atoms with E-state index in [0.717, 1.165) is 19.3 Å². The second-order valence-electron chi connectivity index (χ2n) is 4.81. The third kappa shape index (κ3) is 2.01. The van der Waals surface area contributed by atoms with Gasteiger partial charge in [0.2, 0.25) is 0 Å². The summed E-state index contributed by atoms with van der Waals surface area (Å²) in [6.07, 6.45) is 7.30. The van der Waals surface area contributed by atoms with E-state index in [9.17, 15) is 5.11 Å². The minimum atomic E-state index is -0.195. The fourth-order valence-electron chi connectivity index (χ4n) is 2.58. The Bertz CT molecular complexity index is 212. The molecule has 0 saturated carbocycles. The molecule has 0 aromatic rings. The van der Waals surface area contributed by atoms with Crippen LogP contribution in [0.5, 0.6) is 0 Å². The molecule has 14 heavy (non-hydrogen) atoms. The molecule has 0 heterocycles. The van der Waals surface area contributed by atoms with E-state index in [-0.39, 0.29) is 11.5 Å². The SMILES string of the molecule is CC[C@H](O)[C@@]1(C)CCC=C[C@H]1N(C)C. The van der Waals surface area contributed by atoms with Gasteiger partial charge >= 0.3 is 0 Å². The second kappa shape index (κ2) is 4.45. The predicted octanol–water partition coefficient (Wildman–Crippen LogP) is 2.04. The highest BCUT2D eigenvalue weighted by Gasteiger charge is 2.40. The topological polar surface area (TPSA) is 23.5 Å². The van der Waals surface area contributed by atoms with Crippen LogP contribution in [-0.2, 0) is 0 Å². The van der Waals surface area contributed by atoms with Gasteiger partial charge in [0.25, 0.3) is 0 Å². The molecule has 2 nitrogen and oxygen atoms in total. The molecule has 0 spiro atoms. The van der Waals surface area contributed by atoms with Crippen molar-refractivity contribution in [2.24, 2.45) is 5.41 Å². The largest absolute Gasteiger partial charge is 0.392 e. The van der Waals surface area contributed by atoms with Gasteiger partial charge in [0, 0.05) is 11.5 Å². The van der Waals surface area contributed by atoms with Crippen molar-refractivity contribution < 1.29 is 5.11 Å². The number of hydrogen-bond acceptors (Lipinski definition) is 2. The Balaban J connectivity index is 2.88. The zero-order valence-electron chi connectivity index (χ0n) is 9.83. The Morgan fingerprint density at radius 1 is 1.57 bits per heavy atom. The van der Waals surface area contributed by atoms with Crippen LogP contribution in [0.4, 0.5) is 0 Å². The molecule has 3 atom stereocenters. The van der Waals surface area contributed by atoms with Crippen LogP contribution < -0.4 is 0 Å². The first-order chi connectivity index (χ1) is 6.52. The third-order valence-corrected chi connectivity index (χ3v) is 3.55. The Hall–Kier alpha value is -0.340. The lowest BCUT2D eigenvalue weighted by Crippen LogP contribution is -2.49. The minimum Gasteiger partial charge on any atom is -0.392 e. The maximum atomic E-state index is 10.1. The van der Waals surface area contributed by atoms with Gasteiger partial charge in [-0.15, -0.1) is 0 Å². The van der Waals surface area contributed by atoms with Crippen LogP contribution in [0.1, 0.15) is 33.1 Å². The van der Waals surface area contributed by atoms with Crippen LogP contribution in [0.15, 0.2) is 12.2 Å².